The zero-order chi connectivity index (χ0) is 48.6. The molecule has 0 unspecified atom stereocenters. The van der Waals surface area contributed by atoms with Crippen LogP contribution in [0.4, 0.5) is 0 Å². The molecule has 0 saturated carbocycles. The van der Waals surface area contributed by atoms with Crippen molar-refractivity contribution >= 4 is 17.9 Å². The highest BCUT2D eigenvalue weighted by atomic mass is 16.6. The Balaban J connectivity index is 4.52. The van der Waals surface area contributed by atoms with Gasteiger partial charge in [0.2, 0.25) is 0 Å². The summed E-state index contributed by atoms with van der Waals surface area (Å²) in [6.07, 6.45) is 72.6. The SMILES string of the molecule is CC/C=C\C/C=C\C/C=C\C/C=C\C/C=C\CCCC(=O)O[C@H](COC(=O)CCCC/C=C\C/C=C\C/C=C\CCCCC)COC(=O)CCCCCCCCCCCCCCCCCCC. The highest BCUT2D eigenvalue weighted by Crippen LogP contribution is 2.15. The molecule has 0 aromatic rings. The largest absolute Gasteiger partial charge is 0.462 e. The topological polar surface area (TPSA) is 78.9 Å². The molecule has 0 heterocycles. The predicted molar refractivity (Wildman–Crippen MR) is 288 cm³/mol. The van der Waals surface area contributed by atoms with Gasteiger partial charge in [0.25, 0.3) is 0 Å². The van der Waals surface area contributed by atoms with Crippen LogP contribution in [0.15, 0.2) is 97.2 Å². The summed E-state index contributed by atoms with van der Waals surface area (Å²) in [5, 5.41) is 0. The number of allylic oxidation sites excluding steroid dienone is 16. The standard InChI is InChI=1S/C61H102O6/c1-4-7-10-13-16-19-22-25-28-30-33-36-39-42-45-48-51-54-60(63)66-57-58(56-65-59(62)53-50-47-44-41-38-35-32-27-24-21-18-15-12-9-6-3)67-61(64)55-52-49-46-43-40-37-34-31-29-26-23-20-17-14-11-8-5-2/h8,11,17-18,20-21,26-27,29,32,34,37-38,41,43,46,58H,4-7,9-10,12-16,19,22-25,28,30-31,33,35-36,39-40,42,44-45,47-57H2,1-3H3/b11-8-,20-17-,21-18-,29-26-,32-27-,37-34-,41-38-,46-43-/t58-/m1/s1. The molecule has 0 fully saturated rings. The maximum atomic E-state index is 12.8. The minimum Gasteiger partial charge on any atom is -0.462 e. The fourth-order valence-electron chi connectivity index (χ4n) is 7.43. The van der Waals surface area contributed by atoms with Gasteiger partial charge in [-0.3, -0.25) is 14.4 Å². The summed E-state index contributed by atoms with van der Waals surface area (Å²) in [5.41, 5.74) is 0. The molecule has 6 nitrogen and oxygen atoms in total. The minimum atomic E-state index is -0.822. The third-order valence-electron chi connectivity index (χ3n) is 11.6. The summed E-state index contributed by atoms with van der Waals surface area (Å²) in [6.45, 7) is 6.42. The Morgan fingerprint density at radius 1 is 0.313 bits per heavy atom. The molecule has 0 aliphatic carbocycles. The second-order valence-electron chi connectivity index (χ2n) is 18.1. The van der Waals surface area contributed by atoms with Crippen molar-refractivity contribution in [1.82, 2.24) is 0 Å². The molecule has 0 aliphatic rings. The van der Waals surface area contributed by atoms with Crippen molar-refractivity contribution in [3.05, 3.63) is 97.2 Å². The summed E-state index contributed by atoms with van der Waals surface area (Å²) in [5.74, 6) is -1.01. The molecule has 6 heteroatoms. The quantitative estimate of drug-likeness (QED) is 0.0262. The van der Waals surface area contributed by atoms with Crippen LogP contribution in [-0.2, 0) is 28.6 Å². The van der Waals surface area contributed by atoms with E-state index in [2.05, 4.69) is 118 Å². The lowest BCUT2D eigenvalue weighted by Gasteiger charge is -2.18. The van der Waals surface area contributed by atoms with Crippen LogP contribution >= 0.6 is 0 Å². The monoisotopic (exact) mass is 931 g/mol. The average Bonchev–Trinajstić information content (AvgIpc) is 3.33. The lowest BCUT2D eigenvalue weighted by molar-refractivity contribution is -0.167. The number of ether oxygens (including phenoxy) is 3. The highest BCUT2D eigenvalue weighted by Gasteiger charge is 2.19. The molecular formula is C61H102O6. The lowest BCUT2D eigenvalue weighted by Crippen LogP contribution is -2.30. The van der Waals surface area contributed by atoms with Gasteiger partial charge in [0.05, 0.1) is 0 Å². The van der Waals surface area contributed by atoms with Crippen molar-refractivity contribution in [2.45, 2.75) is 258 Å². The molecule has 0 N–H and O–H groups in total. The van der Waals surface area contributed by atoms with Crippen LogP contribution in [0.25, 0.3) is 0 Å². The second-order valence-corrected chi connectivity index (χ2v) is 18.1. The summed E-state index contributed by atoms with van der Waals surface area (Å²) >= 11 is 0. The van der Waals surface area contributed by atoms with Crippen LogP contribution in [0.3, 0.4) is 0 Å². The summed E-state index contributed by atoms with van der Waals surface area (Å²) < 4.78 is 16.8. The number of unbranched alkanes of at least 4 members (excludes halogenated alkanes) is 22. The highest BCUT2D eigenvalue weighted by molar-refractivity contribution is 5.71. The van der Waals surface area contributed by atoms with Crippen LogP contribution < -0.4 is 0 Å². The van der Waals surface area contributed by atoms with E-state index in [1.54, 1.807) is 0 Å². The number of carbonyl (C=O) groups excluding carboxylic acids is 3. The second kappa shape index (κ2) is 54.9. The first-order chi connectivity index (χ1) is 33.0. The minimum absolute atomic E-state index is 0.111. The first kappa shape index (κ1) is 63.3. The summed E-state index contributed by atoms with van der Waals surface area (Å²) in [4.78, 5) is 38.1. The first-order valence-corrected chi connectivity index (χ1v) is 27.7. The van der Waals surface area contributed by atoms with Gasteiger partial charge in [-0.2, -0.15) is 0 Å². The van der Waals surface area contributed by atoms with Crippen molar-refractivity contribution in [3.63, 3.8) is 0 Å². The molecule has 0 bridgehead atoms. The fourth-order valence-corrected chi connectivity index (χ4v) is 7.43. The van der Waals surface area contributed by atoms with Crippen molar-refractivity contribution in [1.29, 1.82) is 0 Å². The Morgan fingerprint density at radius 2 is 0.597 bits per heavy atom. The van der Waals surface area contributed by atoms with Gasteiger partial charge in [0.1, 0.15) is 13.2 Å². The van der Waals surface area contributed by atoms with Gasteiger partial charge in [0, 0.05) is 19.3 Å². The molecule has 0 radical (unpaired) electrons. The molecule has 0 aliphatic heterocycles. The zero-order valence-corrected chi connectivity index (χ0v) is 43.6. The number of rotatable bonds is 49. The van der Waals surface area contributed by atoms with Crippen LogP contribution in [0.5, 0.6) is 0 Å². The Kier molecular flexibility index (Phi) is 51.9. The Morgan fingerprint density at radius 3 is 0.985 bits per heavy atom. The molecular weight excluding hydrogens is 829 g/mol. The van der Waals surface area contributed by atoms with E-state index in [1.165, 1.54) is 116 Å². The van der Waals surface area contributed by atoms with Gasteiger partial charge in [-0.05, 0) is 96.3 Å². The third-order valence-corrected chi connectivity index (χ3v) is 11.6. The smallest absolute Gasteiger partial charge is 0.306 e. The predicted octanol–water partition coefficient (Wildman–Crippen LogP) is 18.5. The Hall–Kier alpha value is -3.67. The zero-order valence-electron chi connectivity index (χ0n) is 43.6. The van der Waals surface area contributed by atoms with Crippen molar-refractivity contribution in [3.8, 4) is 0 Å². The van der Waals surface area contributed by atoms with Gasteiger partial charge in [-0.15, -0.1) is 0 Å². The molecule has 0 aromatic heterocycles. The van der Waals surface area contributed by atoms with Gasteiger partial charge in [0.15, 0.2) is 6.10 Å². The maximum absolute atomic E-state index is 12.8. The molecule has 67 heavy (non-hydrogen) atoms. The fraction of sp³-hybridized carbons (Fsp3) is 0.689. The number of esters is 3. The average molecular weight is 931 g/mol. The number of hydrogen-bond acceptors (Lipinski definition) is 6. The van der Waals surface area contributed by atoms with Crippen LogP contribution in [0.2, 0.25) is 0 Å². The molecule has 0 saturated heterocycles. The number of carbonyl (C=O) groups is 3. The first-order valence-electron chi connectivity index (χ1n) is 27.7. The van der Waals surface area contributed by atoms with Crippen LogP contribution in [0, 0.1) is 0 Å². The van der Waals surface area contributed by atoms with Gasteiger partial charge >= 0.3 is 17.9 Å². The van der Waals surface area contributed by atoms with Gasteiger partial charge < -0.3 is 14.2 Å². The summed E-state index contributed by atoms with van der Waals surface area (Å²) in [7, 11) is 0. The molecule has 0 rings (SSSR count). The number of hydrogen-bond donors (Lipinski definition) is 0. The summed E-state index contributed by atoms with van der Waals surface area (Å²) in [6, 6.07) is 0. The van der Waals surface area contributed by atoms with E-state index in [-0.39, 0.29) is 37.5 Å². The van der Waals surface area contributed by atoms with Crippen LogP contribution in [-0.4, -0.2) is 37.2 Å². The molecule has 382 valence electrons. The van der Waals surface area contributed by atoms with Crippen molar-refractivity contribution in [2.24, 2.45) is 0 Å². The molecule has 0 aromatic carbocycles. The van der Waals surface area contributed by atoms with E-state index in [0.29, 0.717) is 19.3 Å². The molecule has 0 spiro atoms. The van der Waals surface area contributed by atoms with E-state index in [4.69, 9.17) is 14.2 Å². The van der Waals surface area contributed by atoms with Crippen LogP contribution in [0.1, 0.15) is 252 Å². The van der Waals surface area contributed by atoms with E-state index in [1.807, 2.05) is 0 Å². The lowest BCUT2D eigenvalue weighted by atomic mass is 10.0. The van der Waals surface area contributed by atoms with Gasteiger partial charge in [-0.25, -0.2) is 0 Å². The molecule has 0 amide bonds. The van der Waals surface area contributed by atoms with E-state index in [0.717, 1.165) is 89.9 Å². The van der Waals surface area contributed by atoms with Crippen molar-refractivity contribution < 1.29 is 28.6 Å². The van der Waals surface area contributed by atoms with E-state index in [9.17, 15) is 14.4 Å². The molecule has 1 atom stereocenters. The van der Waals surface area contributed by atoms with Crippen molar-refractivity contribution in [2.75, 3.05) is 13.2 Å². The Bertz CT molecular complexity index is 1350. The Labute approximate surface area is 413 Å². The normalized spacial score (nSPS) is 12.8. The maximum Gasteiger partial charge on any atom is 0.306 e. The van der Waals surface area contributed by atoms with E-state index < -0.39 is 6.10 Å². The third kappa shape index (κ3) is 53.2. The van der Waals surface area contributed by atoms with Gasteiger partial charge in [-0.1, -0.05) is 234 Å². The van der Waals surface area contributed by atoms with E-state index >= 15 is 0 Å².